The Morgan fingerprint density at radius 3 is 2.67 bits per heavy atom. The van der Waals surface area contributed by atoms with Crippen LogP contribution in [-0.2, 0) is 5.75 Å². The molecular weight excluding hydrogens is 238 g/mol. The number of anilines is 1. The molecule has 1 aliphatic heterocycles. The van der Waals surface area contributed by atoms with Crippen LogP contribution in [0.4, 0.5) is 5.69 Å². The maximum absolute atomic E-state index is 3.64. The fourth-order valence-corrected chi connectivity index (χ4v) is 3.45. The van der Waals surface area contributed by atoms with Gasteiger partial charge in [0.15, 0.2) is 0 Å². The van der Waals surface area contributed by atoms with Crippen molar-refractivity contribution in [2.24, 2.45) is 0 Å². The average Bonchev–Trinajstić information content (AvgIpc) is 2.42. The van der Waals surface area contributed by atoms with E-state index >= 15 is 0 Å². The molecule has 0 aliphatic carbocycles. The van der Waals surface area contributed by atoms with Gasteiger partial charge in [-0.15, -0.1) is 0 Å². The summed E-state index contributed by atoms with van der Waals surface area (Å²) in [6.07, 6.45) is 0. The first kappa shape index (κ1) is 11.7. The molecule has 0 radical (unpaired) electrons. The highest BCUT2D eigenvalue weighted by atomic mass is 32.2. The van der Waals surface area contributed by atoms with Crippen LogP contribution < -0.4 is 5.32 Å². The van der Waals surface area contributed by atoms with Gasteiger partial charge in [0.2, 0.25) is 0 Å². The van der Waals surface area contributed by atoms with Crippen molar-refractivity contribution >= 4 is 17.4 Å². The molecule has 0 spiro atoms. The lowest BCUT2D eigenvalue weighted by molar-refractivity contribution is 0.871. The molecule has 2 heteroatoms. The van der Waals surface area contributed by atoms with E-state index in [1.165, 1.54) is 22.4 Å². The summed E-state index contributed by atoms with van der Waals surface area (Å²) in [5.41, 5.74) is 5.44. The van der Waals surface area contributed by atoms with Gasteiger partial charge in [0.05, 0.1) is 6.04 Å². The van der Waals surface area contributed by atoms with Crippen LogP contribution in [0, 0.1) is 6.92 Å². The Morgan fingerprint density at radius 2 is 1.83 bits per heavy atom. The molecule has 1 aliphatic rings. The smallest absolute Gasteiger partial charge is 0.0607 e. The van der Waals surface area contributed by atoms with E-state index in [4.69, 9.17) is 0 Å². The lowest BCUT2D eigenvalue weighted by atomic mass is 10.0. The number of nitrogens with one attached hydrogen (secondary N) is 1. The van der Waals surface area contributed by atoms with Crippen LogP contribution >= 0.6 is 11.8 Å². The van der Waals surface area contributed by atoms with Crippen LogP contribution in [-0.4, -0.2) is 5.75 Å². The first-order chi connectivity index (χ1) is 8.83. The normalized spacial score (nSPS) is 18.2. The summed E-state index contributed by atoms with van der Waals surface area (Å²) in [5.74, 6) is 2.28. The number of hydrogen-bond acceptors (Lipinski definition) is 2. The second-order valence-corrected chi connectivity index (χ2v) is 5.81. The van der Waals surface area contributed by atoms with Gasteiger partial charge >= 0.3 is 0 Å². The van der Waals surface area contributed by atoms with Gasteiger partial charge in [0.25, 0.3) is 0 Å². The molecule has 18 heavy (non-hydrogen) atoms. The Bertz CT molecular complexity index is 533. The van der Waals surface area contributed by atoms with Crippen LogP contribution in [0.3, 0.4) is 0 Å². The standard InChI is InChI=1S/C16H17NS/c1-12-6-8-14(9-7-12)17-16-11-18-10-13-4-2-3-5-15(13)16/h2-9,16-17H,10-11H2,1H3. The Morgan fingerprint density at radius 1 is 1.06 bits per heavy atom. The van der Waals surface area contributed by atoms with E-state index in [1.54, 1.807) is 0 Å². The fraction of sp³-hybridized carbons (Fsp3) is 0.250. The Balaban J connectivity index is 1.84. The van der Waals surface area contributed by atoms with E-state index in [9.17, 15) is 0 Å². The van der Waals surface area contributed by atoms with Gasteiger partial charge in [-0.25, -0.2) is 0 Å². The zero-order chi connectivity index (χ0) is 12.4. The van der Waals surface area contributed by atoms with E-state index in [1.807, 2.05) is 11.8 Å². The summed E-state index contributed by atoms with van der Waals surface area (Å²) in [6, 6.07) is 17.8. The summed E-state index contributed by atoms with van der Waals surface area (Å²) in [4.78, 5) is 0. The van der Waals surface area contributed by atoms with Crippen LogP contribution in [0.1, 0.15) is 22.7 Å². The number of rotatable bonds is 2. The van der Waals surface area contributed by atoms with Gasteiger partial charge in [-0.05, 0) is 30.2 Å². The third-order valence-corrected chi connectivity index (χ3v) is 4.45. The highest BCUT2D eigenvalue weighted by Gasteiger charge is 2.19. The number of aryl methyl sites for hydroxylation is 1. The van der Waals surface area contributed by atoms with Crippen LogP contribution in [0.2, 0.25) is 0 Å². The molecular formula is C16H17NS. The number of hydrogen-bond donors (Lipinski definition) is 1. The lowest BCUT2D eigenvalue weighted by Crippen LogP contribution is -2.18. The van der Waals surface area contributed by atoms with Gasteiger partial charge in [0.1, 0.15) is 0 Å². The van der Waals surface area contributed by atoms with Crippen molar-refractivity contribution in [1.82, 2.24) is 0 Å². The van der Waals surface area contributed by atoms with Gasteiger partial charge in [0, 0.05) is 17.2 Å². The van der Waals surface area contributed by atoms with E-state index in [2.05, 4.69) is 60.8 Å². The molecule has 0 saturated carbocycles. The van der Waals surface area contributed by atoms with Gasteiger partial charge < -0.3 is 5.32 Å². The molecule has 0 bridgehead atoms. The number of thioether (sulfide) groups is 1. The predicted molar refractivity (Wildman–Crippen MR) is 80.1 cm³/mol. The quantitative estimate of drug-likeness (QED) is 0.854. The van der Waals surface area contributed by atoms with Crippen molar-refractivity contribution in [3.8, 4) is 0 Å². The second kappa shape index (κ2) is 5.07. The van der Waals surface area contributed by atoms with Crippen molar-refractivity contribution in [3.63, 3.8) is 0 Å². The summed E-state index contributed by atoms with van der Waals surface area (Å²) in [5, 5.41) is 3.64. The van der Waals surface area contributed by atoms with Crippen molar-refractivity contribution in [3.05, 3.63) is 65.2 Å². The summed E-state index contributed by atoms with van der Waals surface area (Å²) >= 11 is 2.01. The molecule has 1 heterocycles. The summed E-state index contributed by atoms with van der Waals surface area (Å²) in [6.45, 7) is 2.12. The molecule has 0 fully saturated rings. The van der Waals surface area contributed by atoms with Crippen LogP contribution in [0.25, 0.3) is 0 Å². The average molecular weight is 255 g/mol. The zero-order valence-electron chi connectivity index (χ0n) is 10.5. The van der Waals surface area contributed by atoms with Gasteiger partial charge in [-0.2, -0.15) is 11.8 Å². The van der Waals surface area contributed by atoms with Crippen LogP contribution in [0.15, 0.2) is 48.5 Å². The maximum Gasteiger partial charge on any atom is 0.0607 e. The molecule has 1 nitrogen and oxygen atoms in total. The minimum atomic E-state index is 0.433. The van der Waals surface area contributed by atoms with Crippen molar-refractivity contribution < 1.29 is 0 Å². The molecule has 92 valence electrons. The Kier molecular flexibility index (Phi) is 3.28. The van der Waals surface area contributed by atoms with E-state index in [-0.39, 0.29) is 0 Å². The molecule has 1 N–H and O–H groups in total. The minimum Gasteiger partial charge on any atom is -0.377 e. The summed E-state index contributed by atoms with van der Waals surface area (Å²) in [7, 11) is 0. The summed E-state index contributed by atoms with van der Waals surface area (Å²) < 4.78 is 0. The second-order valence-electron chi connectivity index (χ2n) is 4.78. The molecule has 3 rings (SSSR count). The first-order valence-electron chi connectivity index (χ1n) is 6.32. The SMILES string of the molecule is Cc1ccc(NC2CSCc3ccccc32)cc1. The molecule has 0 amide bonds. The molecule has 0 saturated heterocycles. The third-order valence-electron chi connectivity index (χ3n) is 3.37. The monoisotopic (exact) mass is 255 g/mol. The van der Waals surface area contributed by atoms with E-state index < -0.39 is 0 Å². The largest absolute Gasteiger partial charge is 0.377 e. The highest BCUT2D eigenvalue weighted by molar-refractivity contribution is 7.98. The Hall–Kier alpha value is -1.41. The van der Waals surface area contributed by atoms with E-state index in [0.717, 1.165) is 11.5 Å². The highest BCUT2D eigenvalue weighted by Crippen LogP contribution is 2.33. The zero-order valence-corrected chi connectivity index (χ0v) is 11.3. The van der Waals surface area contributed by atoms with Crippen molar-refractivity contribution in [1.29, 1.82) is 0 Å². The maximum atomic E-state index is 3.64. The van der Waals surface area contributed by atoms with E-state index in [0.29, 0.717) is 6.04 Å². The van der Waals surface area contributed by atoms with Gasteiger partial charge in [-0.1, -0.05) is 42.0 Å². The molecule has 2 aromatic rings. The lowest BCUT2D eigenvalue weighted by Gasteiger charge is -2.27. The van der Waals surface area contributed by atoms with Crippen molar-refractivity contribution in [2.45, 2.75) is 18.7 Å². The number of fused-ring (bicyclic) bond motifs is 1. The molecule has 0 aromatic heterocycles. The minimum absolute atomic E-state index is 0.433. The Labute approximate surface area is 113 Å². The number of benzene rings is 2. The molecule has 1 unspecified atom stereocenters. The van der Waals surface area contributed by atoms with Crippen LogP contribution in [0.5, 0.6) is 0 Å². The fourth-order valence-electron chi connectivity index (χ4n) is 2.35. The first-order valence-corrected chi connectivity index (χ1v) is 7.47. The van der Waals surface area contributed by atoms with Crippen molar-refractivity contribution in [2.75, 3.05) is 11.1 Å². The molecule has 1 atom stereocenters. The molecule has 2 aromatic carbocycles. The third kappa shape index (κ3) is 2.39. The topological polar surface area (TPSA) is 12.0 Å². The predicted octanol–water partition coefficient (Wildman–Crippen LogP) is 4.40. The van der Waals surface area contributed by atoms with Gasteiger partial charge in [-0.3, -0.25) is 0 Å².